The molecule has 0 saturated heterocycles. The largest absolute Gasteiger partial charge is 0.497 e. The van der Waals surface area contributed by atoms with Crippen LogP contribution in [0, 0.1) is 5.82 Å². The molecule has 0 aromatic heterocycles. The maximum absolute atomic E-state index is 13.7. The summed E-state index contributed by atoms with van der Waals surface area (Å²) in [7, 11) is 1.52. The van der Waals surface area contributed by atoms with Crippen LogP contribution in [0.4, 0.5) is 4.39 Å². The molecule has 2 rings (SSSR count). The first-order valence-corrected chi connectivity index (χ1v) is 4.63. The molecule has 82 valence electrons. The van der Waals surface area contributed by atoms with Crippen LogP contribution in [-0.4, -0.2) is 18.2 Å². The summed E-state index contributed by atoms with van der Waals surface area (Å²) in [6, 6.07) is 7.57. The van der Waals surface area contributed by atoms with Crippen molar-refractivity contribution in [1.29, 1.82) is 0 Å². The second-order valence-corrected chi connectivity index (χ2v) is 3.32. The quantitative estimate of drug-likeness (QED) is 0.846. The molecule has 4 heteroatoms. The molecule has 0 saturated carbocycles. The van der Waals surface area contributed by atoms with Crippen LogP contribution in [0.15, 0.2) is 30.3 Å². The third kappa shape index (κ3) is 1.58. The van der Waals surface area contributed by atoms with Gasteiger partial charge in [0, 0.05) is 5.39 Å². The van der Waals surface area contributed by atoms with E-state index in [1.165, 1.54) is 19.2 Å². The van der Waals surface area contributed by atoms with Gasteiger partial charge in [-0.2, -0.15) is 0 Å². The van der Waals surface area contributed by atoms with Crippen molar-refractivity contribution in [3.8, 4) is 5.75 Å². The predicted octanol–water partition coefficient (Wildman–Crippen LogP) is 2.69. The molecule has 16 heavy (non-hydrogen) atoms. The van der Waals surface area contributed by atoms with Gasteiger partial charge < -0.3 is 9.84 Å². The first-order valence-electron chi connectivity index (χ1n) is 4.63. The minimum Gasteiger partial charge on any atom is -0.497 e. The fraction of sp³-hybridized carbons (Fsp3) is 0.0833. The zero-order valence-corrected chi connectivity index (χ0v) is 8.53. The number of aromatic carboxylic acids is 1. The van der Waals surface area contributed by atoms with Gasteiger partial charge in [0.25, 0.3) is 0 Å². The highest BCUT2D eigenvalue weighted by molar-refractivity contribution is 5.95. The van der Waals surface area contributed by atoms with Crippen LogP contribution in [0.25, 0.3) is 10.8 Å². The molecule has 0 amide bonds. The Hall–Kier alpha value is -2.10. The average Bonchev–Trinajstić information content (AvgIpc) is 2.28. The van der Waals surface area contributed by atoms with E-state index in [0.29, 0.717) is 11.1 Å². The Morgan fingerprint density at radius 2 is 2.06 bits per heavy atom. The van der Waals surface area contributed by atoms with Gasteiger partial charge in [0.05, 0.1) is 12.7 Å². The van der Waals surface area contributed by atoms with Crippen molar-refractivity contribution in [3.05, 3.63) is 41.7 Å². The number of hydrogen-bond acceptors (Lipinski definition) is 2. The van der Waals surface area contributed by atoms with Crippen LogP contribution >= 0.6 is 0 Å². The van der Waals surface area contributed by atoms with Crippen molar-refractivity contribution in [3.63, 3.8) is 0 Å². The lowest BCUT2D eigenvalue weighted by Gasteiger charge is -2.05. The van der Waals surface area contributed by atoms with E-state index in [2.05, 4.69) is 0 Å². The SMILES string of the molecule is COc1ccc2c(F)c(C(=O)O)ccc2c1. The number of carboxylic acid groups (broad SMARTS) is 1. The van der Waals surface area contributed by atoms with E-state index in [4.69, 9.17) is 9.84 Å². The van der Waals surface area contributed by atoms with Crippen LogP contribution in [0.3, 0.4) is 0 Å². The van der Waals surface area contributed by atoms with Gasteiger partial charge in [-0.15, -0.1) is 0 Å². The van der Waals surface area contributed by atoms with Crippen molar-refractivity contribution in [1.82, 2.24) is 0 Å². The fourth-order valence-corrected chi connectivity index (χ4v) is 1.56. The van der Waals surface area contributed by atoms with Crippen LogP contribution in [0.5, 0.6) is 5.75 Å². The van der Waals surface area contributed by atoms with E-state index in [1.54, 1.807) is 18.2 Å². The van der Waals surface area contributed by atoms with Gasteiger partial charge in [-0.1, -0.05) is 6.07 Å². The maximum Gasteiger partial charge on any atom is 0.338 e. The van der Waals surface area contributed by atoms with Crippen LogP contribution in [0.1, 0.15) is 10.4 Å². The Morgan fingerprint density at radius 3 is 2.69 bits per heavy atom. The van der Waals surface area contributed by atoms with E-state index >= 15 is 0 Å². The number of carboxylic acids is 1. The third-order valence-electron chi connectivity index (χ3n) is 2.39. The summed E-state index contributed by atoms with van der Waals surface area (Å²) in [5.41, 5.74) is -0.322. The number of fused-ring (bicyclic) bond motifs is 1. The minimum atomic E-state index is -1.27. The Balaban J connectivity index is 2.71. The van der Waals surface area contributed by atoms with Crippen LogP contribution < -0.4 is 4.74 Å². The smallest absolute Gasteiger partial charge is 0.338 e. The lowest BCUT2D eigenvalue weighted by molar-refractivity contribution is 0.0692. The molecule has 0 heterocycles. The molecule has 0 radical (unpaired) electrons. The Morgan fingerprint density at radius 1 is 1.31 bits per heavy atom. The molecule has 0 fully saturated rings. The van der Waals surface area contributed by atoms with E-state index < -0.39 is 11.8 Å². The second-order valence-electron chi connectivity index (χ2n) is 3.32. The van der Waals surface area contributed by atoms with Gasteiger partial charge in [-0.25, -0.2) is 9.18 Å². The topological polar surface area (TPSA) is 46.5 Å². The molecular weight excluding hydrogens is 211 g/mol. The predicted molar refractivity (Wildman–Crippen MR) is 57.4 cm³/mol. The second kappa shape index (κ2) is 3.81. The molecule has 3 nitrogen and oxygen atoms in total. The first-order chi connectivity index (χ1) is 7.63. The summed E-state index contributed by atoms with van der Waals surface area (Å²) < 4.78 is 18.7. The van der Waals surface area contributed by atoms with Crippen molar-refractivity contribution in [2.45, 2.75) is 0 Å². The van der Waals surface area contributed by atoms with Crippen LogP contribution in [-0.2, 0) is 0 Å². The van der Waals surface area contributed by atoms with Gasteiger partial charge >= 0.3 is 5.97 Å². The van der Waals surface area contributed by atoms with Crippen molar-refractivity contribution in [2.24, 2.45) is 0 Å². The molecule has 0 spiro atoms. The van der Waals surface area contributed by atoms with Gasteiger partial charge in [0.1, 0.15) is 11.6 Å². The van der Waals surface area contributed by atoms with Gasteiger partial charge in [0.2, 0.25) is 0 Å². The summed E-state index contributed by atoms with van der Waals surface area (Å²) in [6.45, 7) is 0. The molecule has 0 aliphatic heterocycles. The highest BCUT2D eigenvalue weighted by Crippen LogP contribution is 2.25. The molecular formula is C12H9FO3. The number of ether oxygens (including phenoxy) is 1. The highest BCUT2D eigenvalue weighted by Gasteiger charge is 2.13. The minimum absolute atomic E-state index is 0.278. The Kier molecular flexibility index (Phi) is 2.48. The normalized spacial score (nSPS) is 10.4. The number of rotatable bonds is 2. The van der Waals surface area contributed by atoms with E-state index in [0.717, 1.165) is 0 Å². The van der Waals surface area contributed by atoms with Crippen molar-refractivity contribution < 1.29 is 19.0 Å². The molecule has 2 aromatic rings. The number of halogens is 1. The Bertz CT molecular complexity index is 563. The Labute approximate surface area is 91.1 Å². The lowest BCUT2D eigenvalue weighted by atomic mass is 10.1. The lowest BCUT2D eigenvalue weighted by Crippen LogP contribution is -2.00. The molecule has 2 aromatic carbocycles. The number of benzene rings is 2. The molecule has 1 N–H and O–H groups in total. The zero-order valence-electron chi connectivity index (χ0n) is 8.53. The molecule has 0 atom stereocenters. The van der Waals surface area contributed by atoms with E-state index in [-0.39, 0.29) is 10.9 Å². The fourth-order valence-electron chi connectivity index (χ4n) is 1.56. The number of carbonyl (C=O) groups is 1. The zero-order chi connectivity index (χ0) is 11.7. The molecule has 0 unspecified atom stereocenters. The van der Waals surface area contributed by atoms with Gasteiger partial charge in [0.15, 0.2) is 0 Å². The summed E-state index contributed by atoms with van der Waals surface area (Å²) in [5, 5.41) is 9.65. The van der Waals surface area contributed by atoms with Crippen LogP contribution in [0.2, 0.25) is 0 Å². The average molecular weight is 220 g/mol. The standard InChI is InChI=1S/C12H9FO3/c1-16-8-3-5-9-7(6-8)2-4-10(11(9)13)12(14)15/h2-6H,1H3,(H,14,15). The first kappa shape index (κ1) is 10.4. The summed E-state index contributed by atoms with van der Waals surface area (Å²) in [5.74, 6) is -1.38. The summed E-state index contributed by atoms with van der Waals surface area (Å²) in [6.07, 6.45) is 0. The monoisotopic (exact) mass is 220 g/mol. The molecule has 0 aliphatic rings. The number of methoxy groups -OCH3 is 1. The number of hydrogen-bond donors (Lipinski definition) is 1. The van der Waals surface area contributed by atoms with Crippen molar-refractivity contribution >= 4 is 16.7 Å². The molecule has 0 bridgehead atoms. The van der Waals surface area contributed by atoms with E-state index in [1.807, 2.05) is 0 Å². The third-order valence-corrected chi connectivity index (χ3v) is 2.39. The molecule has 0 aliphatic carbocycles. The van der Waals surface area contributed by atoms with Crippen molar-refractivity contribution in [2.75, 3.05) is 7.11 Å². The van der Waals surface area contributed by atoms with Gasteiger partial charge in [-0.3, -0.25) is 0 Å². The van der Waals surface area contributed by atoms with Gasteiger partial charge in [-0.05, 0) is 29.7 Å². The highest BCUT2D eigenvalue weighted by atomic mass is 19.1. The van der Waals surface area contributed by atoms with E-state index in [9.17, 15) is 9.18 Å². The summed E-state index contributed by atoms with van der Waals surface area (Å²) in [4.78, 5) is 10.7. The summed E-state index contributed by atoms with van der Waals surface area (Å²) >= 11 is 0. The maximum atomic E-state index is 13.7.